The smallest absolute Gasteiger partial charge is 0.366 e. The Balaban J connectivity index is 1.41. The number of carbonyl (C=O) groups excluding carboxylic acids is 1. The summed E-state index contributed by atoms with van der Waals surface area (Å²) in [5, 5.41) is 6.11. The number of carbonyl (C=O) groups is 1. The van der Waals surface area contributed by atoms with Gasteiger partial charge in [-0.1, -0.05) is 18.2 Å². The average Bonchev–Trinajstić information content (AvgIpc) is 3.12. The molecule has 6 nitrogen and oxygen atoms in total. The van der Waals surface area contributed by atoms with Crippen LogP contribution in [0.4, 0.5) is 23.7 Å². The first-order chi connectivity index (χ1) is 13.3. The van der Waals surface area contributed by atoms with E-state index in [-0.39, 0.29) is 24.2 Å². The summed E-state index contributed by atoms with van der Waals surface area (Å²) in [5.41, 5.74) is 1.51. The van der Waals surface area contributed by atoms with Gasteiger partial charge in [-0.2, -0.15) is 18.3 Å². The molecule has 0 bridgehead atoms. The minimum absolute atomic E-state index is 0.0342. The maximum Gasteiger partial charge on any atom is 0.435 e. The summed E-state index contributed by atoms with van der Waals surface area (Å²) >= 11 is 0. The predicted octanol–water partition coefficient (Wildman–Crippen LogP) is 2.79. The lowest BCUT2D eigenvalue weighted by Crippen LogP contribution is -2.45. The highest BCUT2D eigenvalue weighted by Crippen LogP contribution is 2.34. The van der Waals surface area contributed by atoms with Crippen LogP contribution in [-0.4, -0.2) is 46.4 Å². The molecule has 2 aromatic rings. The minimum Gasteiger partial charge on any atom is -0.366 e. The van der Waals surface area contributed by atoms with Gasteiger partial charge in [0.25, 0.3) is 0 Å². The zero-order valence-electron chi connectivity index (χ0n) is 15.5. The lowest BCUT2D eigenvalue weighted by Gasteiger charge is -2.27. The molecule has 1 aromatic carbocycles. The molecule has 4 rings (SSSR count). The van der Waals surface area contributed by atoms with Crippen LogP contribution < -0.4 is 10.2 Å². The molecule has 150 valence electrons. The van der Waals surface area contributed by atoms with E-state index in [1.165, 1.54) is 24.5 Å². The molecule has 1 fully saturated rings. The standard InChI is InChI=1S/C19H22F3N5O/c1-25-11-14(17(24-25)19(20,21)22)10-23-18(28)26-7-4-8-27-15(12-26)9-13-5-2-3-6-16(13)27/h2-3,5-6,11,15H,4,7-10,12H2,1H3,(H,23,28). The number of fused-ring (bicyclic) bond motifs is 3. The third-order valence-electron chi connectivity index (χ3n) is 5.35. The van der Waals surface area contributed by atoms with Gasteiger partial charge < -0.3 is 15.1 Å². The van der Waals surface area contributed by atoms with Crippen molar-refractivity contribution in [2.75, 3.05) is 24.5 Å². The molecule has 0 spiro atoms. The van der Waals surface area contributed by atoms with Crippen LogP contribution in [0.5, 0.6) is 0 Å². The molecule has 2 amide bonds. The van der Waals surface area contributed by atoms with Crippen molar-refractivity contribution in [3.8, 4) is 0 Å². The molecule has 9 heteroatoms. The lowest BCUT2D eigenvalue weighted by atomic mass is 10.1. The maximum atomic E-state index is 13.1. The first-order valence-electron chi connectivity index (χ1n) is 9.30. The number of aryl methyl sites for hydroxylation is 1. The number of aromatic nitrogens is 2. The molecule has 1 saturated heterocycles. The van der Waals surface area contributed by atoms with Gasteiger partial charge in [0.15, 0.2) is 5.69 Å². The van der Waals surface area contributed by atoms with E-state index in [0.717, 1.165) is 24.1 Å². The van der Waals surface area contributed by atoms with Crippen molar-refractivity contribution >= 4 is 11.7 Å². The van der Waals surface area contributed by atoms with Crippen LogP contribution in [0.1, 0.15) is 23.2 Å². The number of benzene rings is 1. The van der Waals surface area contributed by atoms with Gasteiger partial charge >= 0.3 is 12.2 Å². The second-order valence-corrected chi connectivity index (χ2v) is 7.31. The zero-order chi connectivity index (χ0) is 19.9. The number of amides is 2. The van der Waals surface area contributed by atoms with Crippen molar-refractivity contribution in [1.29, 1.82) is 0 Å². The van der Waals surface area contributed by atoms with Gasteiger partial charge in [0.2, 0.25) is 0 Å². The molecular weight excluding hydrogens is 371 g/mol. The molecule has 1 unspecified atom stereocenters. The molecule has 0 radical (unpaired) electrons. The molecule has 2 aliphatic heterocycles. The number of para-hydroxylation sites is 1. The highest BCUT2D eigenvalue weighted by Gasteiger charge is 2.37. The Labute approximate surface area is 160 Å². The number of nitrogens with one attached hydrogen (secondary N) is 1. The van der Waals surface area contributed by atoms with Gasteiger partial charge in [-0.3, -0.25) is 4.68 Å². The number of urea groups is 1. The van der Waals surface area contributed by atoms with E-state index in [9.17, 15) is 18.0 Å². The summed E-state index contributed by atoms with van der Waals surface area (Å²) < 4.78 is 40.3. The minimum atomic E-state index is -4.54. The van der Waals surface area contributed by atoms with E-state index in [1.807, 2.05) is 12.1 Å². The summed E-state index contributed by atoms with van der Waals surface area (Å²) in [5.74, 6) is 0. The van der Waals surface area contributed by atoms with E-state index in [0.29, 0.717) is 13.1 Å². The second kappa shape index (κ2) is 7.03. The summed E-state index contributed by atoms with van der Waals surface area (Å²) in [6.45, 7) is 1.80. The van der Waals surface area contributed by atoms with Gasteiger partial charge in [0.05, 0.1) is 6.04 Å². The van der Waals surface area contributed by atoms with Crippen LogP contribution in [0.3, 0.4) is 0 Å². The Kier molecular flexibility index (Phi) is 4.68. The fourth-order valence-corrected chi connectivity index (χ4v) is 4.14. The Morgan fingerprint density at radius 2 is 2.07 bits per heavy atom. The SMILES string of the molecule is Cn1cc(CNC(=O)N2CCCN3c4ccccc4CC3C2)c(C(F)(F)F)n1. The van der Waals surface area contributed by atoms with Gasteiger partial charge in [-0.25, -0.2) is 4.79 Å². The van der Waals surface area contributed by atoms with Crippen LogP contribution in [0.15, 0.2) is 30.5 Å². The molecule has 28 heavy (non-hydrogen) atoms. The first kappa shape index (κ1) is 18.6. The van der Waals surface area contributed by atoms with Crippen molar-refractivity contribution in [2.45, 2.75) is 31.6 Å². The molecule has 3 heterocycles. The molecule has 1 N–H and O–H groups in total. The van der Waals surface area contributed by atoms with Crippen LogP contribution in [0.25, 0.3) is 0 Å². The monoisotopic (exact) mass is 393 g/mol. The molecule has 0 aliphatic carbocycles. The van der Waals surface area contributed by atoms with E-state index in [4.69, 9.17) is 0 Å². The van der Waals surface area contributed by atoms with Gasteiger partial charge in [-0.05, 0) is 24.5 Å². The molecular formula is C19H22F3N5O. The second-order valence-electron chi connectivity index (χ2n) is 7.31. The van der Waals surface area contributed by atoms with Crippen molar-refractivity contribution in [3.63, 3.8) is 0 Å². The zero-order valence-corrected chi connectivity index (χ0v) is 15.5. The number of hydrogen-bond acceptors (Lipinski definition) is 3. The predicted molar refractivity (Wildman–Crippen MR) is 97.9 cm³/mol. The fraction of sp³-hybridized carbons (Fsp3) is 0.474. The Bertz CT molecular complexity index is 879. The van der Waals surface area contributed by atoms with Crippen LogP contribution >= 0.6 is 0 Å². The van der Waals surface area contributed by atoms with E-state index in [1.54, 1.807) is 4.90 Å². The maximum absolute atomic E-state index is 13.1. The number of hydrogen-bond donors (Lipinski definition) is 1. The average molecular weight is 393 g/mol. The van der Waals surface area contributed by atoms with Crippen molar-refractivity contribution < 1.29 is 18.0 Å². The fourth-order valence-electron chi connectivity index (χ4n) is 4.14. The van der Waals surface area contributed by atoms with E-state index < -0.39 is 11.9 Å². The van der Waals surface area contributed by atoms with Crippen molar-refractivity contribution in [2.24, 2.45) is 7.05 Å². The van der Waals surface area contributed by atoms with Crippen LogP contribution in [0, 0.1) is 0 Å². The van der Waals surface area contributed by atoms with Crippen molar-refractivity contribution in [1.82, 2.24) is 20.0 Å². The number of alkyl halides is 3. The van der Waals surface area contributed by atoms with Gasteiger partial charge in [-0.15, -0.1) is 0 Å². The quantitative estimate of drug-likeness (QED) is 0.854. The highest BCUT2D eigenvalue weighted by molar-refractivity contribution is 5.74. The lowest BCUT2D eigenvalue weighted by molar-refractivity contribution is -0.142. The Morgan fingerprint density at radius 1 is 1.29 bits per heavy atom. The van der Waals surface area contributed by atoms with E-state index in [2.05, 4.69) is 27.4 Å². The highest BCUT2D eigenvalue weighted by atomic mass is 19.4. The first-order valence-corrected chi connectivity index (χ1v) is 9.30. The number of anilines is 1. The third-order valence-corrected chi connectivity index (χ3v) is 5.35. The topological polar surface area (TPSA) is 53.4 Å². The van der Waals surface area contributed by atoms with Crippen LogP contribution in [-0.2, 0) is 26.2 Å². The number of rotatable bonds is 2. The van der Waals surface area contributed by atoms with Gasteiger partial charge in [0.1, 0.15) is 0 Å². The number of halogens is 3. The largest absolute Gasteiger partial charge is 0.435 e. The van der Waals surface area contributed by atoms with E-state index >= 15 is 0 Å². The Hall–Kier alpha value is -2.71. The molecule has 2 aliphatic rings. The summed E-state index contributed by atoms with van der Waals surface area (Å²) in [6, 6.07) is 8.11. The Morgan fingerprint density at radius 3 is 2.86 bits per heavy atom. The summed E-state index contributed by atoms with van der Waals surface area (Å²) in [7, 11) is 1.43. The number of nitrogens with zero attached hydrogens (tertiary/aromatic N) is 4. The molecule has 1 aromatic heterocycles. The summed E-state index contributed by atoms with van der Waals surface area (Å²) in [4.78, 5) is 16.7. The third kappa shape index (κ3) is 3.53. The molecule has 0 saturated carbocycles. The molecule has 1 atom stereocenters. The van der Waals surface area contributed by atoms with Crippen LogP contribution in [0.2, 0.25) is 0 Å². The summed E-state index contributed by atoms with van der Waals surface area (Å²) in [6.07, 6.45) is -1.55. The normalized spacial score (nSPS) is 19.2. The van der Waals surface area contributed by atoms with Crippen molar-refractivity contribution in [3.05, 3.63) is 47.3 Å². The van der Waals surface area contributed by atoms with Gasteiger partial charge in [0, 0.05) is 50.7 Å².